The molecule has 2 rings (SSSR count). The molecule has 3 heteroatoms. The Labute approximate surface area is 98.5 Å². The van der Waals surface area contributed by atoms with Crippen molar-refractivity contribution in [2.75, 3.05) is 0 Å². The first-order valence-electron chi connectivity index (χ1n) is 4.98. The highest BCUT2D eigenvalue weighted by Crippen LogP contribution is 2.29. The van der Waals surface area contributed by atoms with Crippen LogP contribution in [0, 0.1) is 13.8 Å². The van der Waals surface area contributed by atoms with Gasteiger partial charge in [-0.1, -0.05) is 12.1 Å². The maximum absolute atomic E-state index is 10.5. The average Bonchev–Trinajstić information content (AvgIpc) is 2.73. The highest BCUT2D eigenvalue weighted by molar-refractivity contribution is 7.11. The fourth-order valence-corrected chi connectivity index (χ4v) is 2.02. The molecule has 0 radical (unpaired) electrons. The molecule has 0 saturated heterocycles. The molecule has 1 aromatic heterocycles. The van der Waals surface area contributed by atoms with Gasteiger partial charge in [0.25, 0.3) is 0 Å². The lowest BCUT2D eigenvalue weighted by Crippen LogP contribution is -1.88. The molecule has 0 aliphatic rings. The molecule has 0 unspecified atom stereocenters. The summed E-state index contributed by atoms with van der Waals surface area (Å²) < 4.78 is 5.72. The largest absolute Gasteiger partial charge is 0.456 e. The number of ether oxygens (including phenoxy) is 1. The van der Waals surface area contributed by atoms with Gasteiger partial charge in [0.05, 0.1) is 4.88 Å². The van der Waals surface area contributed by atoms with Crippen molar-refractivity contribution >= 4 is 17.6 Å². The second kappa shape index (κ2) is 4.49. The van der Waals surface area contributed by atoms with Crippen LogP contribution in [0.5, 0.6) is 11.5 Å². The van der Waals surface area contributed by atoms with E-state index in [1.807, 2.05) is 37.4 Å². The molecule has 0 N–H and O–H groups in total. The molecule has 0 atom stereocenters. The number of carbonyl (C=O) groups excluding carboxylic acids is 1. The Morgan fingerprint density at radius 1 is 1.31 bits per heavy atom. The van der Waals surface area contributed by atoms with Crippen LogP contribution >= 0.6 is 11.3 Å². The standard InChI is InChI=1S/C13H12O2S/c1-9-4-3-5-13(10(9)2)15-11-6-12(7-14)16-8-11/h3-8H,1-2H3. The Morgan fingerprint density at radius 3 is 2.81 bits per heavy atom. The first-order chi connectivity index (χ1) is 7.70. The summed E-state index contributed by atoms with van der Waals surface area (Å²) in [6, 6.07) is 7.69. The van der Waals surface area contributed by atoms with Crippen molar-refractivity contribution in [1.29, 1.82) is 0 Å². The molecule has 0 spiro atoms. The smallest absolute Gasteiger partial charge is 0.160 e. The van der Waals surface area contributed by atoms with E-state index >= 15 is 0 Å². The molecule has 16 heavy (non-hydrogen) atoms. The van der Waals surface area contributed by atoms with Gasteiger partial charge < -0.3 is 4.74 Å². The average molecular weight is 232 g/mol. The number of benzene rings is 1. The van der Waals surface area contributed by atoms with Crippen LogP contribution in [-0.4, -0.2) is 6.29 Å². The Bertz CT molecular complexity index is 514. The van der Waals surface area contributed by atoms with Crippen LogP contribution < -0.4 is 4.74 Å². The topological polar surface area (TPSA) is 26.3 Å². The van der Waals surface area contributed by atoms with E-state index in [0.29, 0.717) is 4.88 Å². The molecule has 82 valence electrons. The predicted molar refractivity (Wildman–Crippen MR) is 65.7 cm³/mol. The SMILES string of the molecule is Cc1cccc(Oc2csc(C=O)c2)c1C. The minimum atomic E-state index is 0.681. The fourth-order valence-electron chi connectivity index (χ4n) is 1.41. The van der Waals surface area contributed by atoms with E-state index in [9.17, 15) is 4.79 Å². The summed E-state index contributed by atoms with van der Waals surface area (Å²) in [6.45, 7) is 4.07. The van der Waals surface area contributed by atoms with E-state index in [-0.39, 0.29) is 0 Å². The third kappa shape index (κ3) is 2.14. The van der Waals surface area contributed by atoms with Gasteiger partial charge in [-0.25, -0.2) is 0 Å². The summed E-state index contributed by atoms with van der Waals surface area (Å²) in [4.78, 5) is 11.2. The first-order valence-corrected chi connectivity index (χ1v) is 5.86. The van der Waals surface area contributed by atoms with E-state index in [1.54, 1.807) is 6.07 Å². The first kappa shape index (κ1) is 10.9. The molecule has 0 bridgehead atoms. The summed E-state index contributed by atoms with van der Waals surface area (Å²) in [5, 5.41) is 1.84. The quantitative estimate of drug-likeness (QED) is 0.748. The van der Waals surface area contributed by atoms with Crippen LogP contribution in [0.3, 0.4) is 0 Å². The van der Waals surface area contributed by atoms with E-state index < -0.39 is 0 Å². The molecular formula is C13H12O2S. The summed E-state index contributed by atoms with van der Waals surface area (Å²) in [6.07, 6.45) is 0.834. The van der Waals surface area contributed by atoms with Crippen LogP contribution in [0.25, 0.3) is 0 Å². The molecule has 0 amide bonds. The number of hydrogen-bond acceptors (Lipinski definition) is 3. The van der Waals surface area contributed by atoms with Crippen molar-refractivity contribution in [3.63, 3.8) is 0 Å². The van der Waals surface area contributed by atoms with Crippen LogP contribution in [0.4, 0.5) is 0 Å². The summed E-state index contributed by atoms with van der Waals surface area (Å²) in [7, 11) is 0. The van der Waals surface area contributed by atoms with E-state index in [2.05, 4.69) is 0 Å². The van der Waals surface area contributed by atoms with Crippen LogP contribution in [0.2, 0.25) is 0 Å². The minimum absolute atomic E-state index is 0.681. The van der Waals surface area contributed by atoms with Gasteiger partial charge in [-0.3, -0.25) is 4.79 Å². The van der Waals surface area contributed by atoms with Crippen molar-refractivity contribution in [3.8, 4) is 11.5 Å². The van der Waals surface area contributed by atoms with Gasteiger partial charge in [-0.15, -0.1) is 11.3 Å². The highest BCUT2D eigenvalue weighted by Gasteiger charge is 2.05. The van der Waals surface area contributed by atoms with Crippen molar-refractivity contribution in [2.45, 2.75) is 13.8 Å². The lowest BCUT2D eigenvalue weighted by molar-refractivity contribution is 0.112. The number of aldehydes is 1. The van der Waals surface area contributed by atoms with Gasteiger partial charge >= 0.3 is 0 Å². The lowest BCUT2D eigenvalue weighted by Gasteiger charge is -2.08. The number of thiophene rings is 1. The van der Waals surface area contributed by atoms with Gasteiger partial charge in [0.2, 0.25) is 0 Å². The monoisotopic (exact) mass is 232 g/mol. The van der Waals surface area contributed by atoms with Crippen molar-refractivity contribution in [2.24, 2.45) is 0 Å². The van der Waals surface area contributed by atoms with Crippen molar-refractivity contribution < 1.29 is 9.53 Å². The van der Waals surface area contributed by atoms with Crippen LogP contribution in [-0.2, 0) is 0 Å². The molecular weight excluding hydrogens is 220 g/mol. The molecule has 0 aliphatic carbocycles. The Morgan fingerprint density at radius 2 is 2.12 bits per heavy atom. The molecule has 1 aromatic carbocycles. The van der Waals surface area contributed by atoms with E-state index in [1.165, 1.54) is 16.9 Å². The Kier molecular flexibility index (Phi) is 3.06. The Balaban J connectivity index is 2.26. The van der Waals surface area contributed by atoms with Crippen LogP contribution in [0.1, 0.15) is 20.8 Å². The second-order valence-electron chi connectivity index (χ2n) is 3.60. The maximum Gasteiger partial charge on any atom is 0.160 e. The number of carbonyl (C=O) groups is 1. The van der Waals surface area contributed by atoms with E-state index in [0.717, 1.165) is 23.3 Å². The molecule has 2 nitrogen and oxygen atoms in total. The summed E-state index contributed by atoms with van der Waals surface area (Å²) in [5.74, 6) is 1.57. The number of hydrogen-bond donors (Lipinski definition) is 0. The van der Waals surface area contributed by atoms with Gasteiger partial charge in [-0.05, 0) is 31.0 Å². The predicted octanol–water partition coefficient (Wildman–Crippen LogP) is 3.97. The zero-order chi connectivity index (χ0) is 11.5. The van der Waals surface area contributed by atoms with Gasteiger partial charge in [0.15, 0.2) is 6.29 Å². The van der Waals surface area contributed by atoms with Crippen LogP contribution in [0.15, 0.2) is 29.6 Å². The molecule has 1 heterocycles. The summed E-state index contributed by atoms with van der Waals surface area (Å²) >= 11 is 1.39. The van der Waals surface area contributed by atoms with Crippen molar-refractivity contribution in [3.05, 3.63) is 45.6 Å². The third-order valence-corrected chi connectivity index (χ3v) is 3.33. The van der Waals surface area contributed by atoms with Gasteiger partial charge in [-0.2, -0.15) is 0 Å². The zero-order valence-electron chi connectivity index (χ0n) is 9.19. The molecule has 0 aliphatic heterocycles. The maximum atomic E-state index is 10.5. The fraction of sp³-hybridized carbons (Fsp3) is 0.154. The van der Waals surface area contributed by atoms with Gasteiger partial charge in [0.1, 0.15) is 11.5 Å². The minimum Gasteiger partial charge on any atom is -0.456 e. The molecule has 0 saturated carbocycles. The zero-order valence-corrected chi connectivity index (χ0v) is 10.0. The van der Waals surface area contributed by atoms with E-state index in [4.69, 9.17) is 4.74 Å². The highest BCUT2D eigenvalue weighted by atomic mass is 32.1. The van der Waals surface area contributed by atoms with Crippen molar-refractivity contribution in [1.82, 2.24) is 0 Å². The Hall–Kier alpha value is -1.61. The summed E-state index contributed by atoms with van der Waals surface area (Å²) in [5.41, 5.74) is 2.32. The number of aryl methyl sites for hydroxylation is 1. The lowest BCUT2D eigenvalue weighted by atomic mass is 10.1. The third-order valence-electron chi connectivity index (χ3n) is 2.49. The normalized spacial score (nSPS) is 10.1. The van der Waals surface area contributed by atoms with Gasteiger partial charge in [0, 0.05) is 11.4 Å². The molecule has 0 fully saturated rings. The second-order valence-corrected chi connectivity index (χ2v) is 4.55. The number of rotatable bonds is 3. The molecule has 2 aromatic rings.